The molecule has 0 amide bonds. The van der Waals surface area contributed by atoms with E-state index in [-0.39, 0.29) is 34.4 Å². The first-order valence-corrected chi connectivity index (χ1v) is 9.32. The molecule has 2 aromatic rings. The monoisotopic (exact) mass is 401 g/mol. The average molecular weight is 402 g/mol. The summed E-state index contributed by atoms with van der Waals surface area (Å²) in [7, 11) is -0.961. The molecular formula is C17H17ClFNO5S. The summed E-state index contributed by atoms with van der Waals surface area (Å²) in [5, 5.41) is 0.0581. The molecule has 26 heavy (non-hydrogen) atoms. The van der Waals surface area contributed by atoms with Crippen molar-refractivity contribution >= 4 is 27.6 Å². The van der Waals surface area contributed by atoms with Gasteiger partial charge in [-0.2, -0.15) is 0 Å². The van der Waals surface area contributed by atoms with Crippen molar-refractivity contribution in [2.24, 2.45) is 0 Å². The van der Waals surface area contributed by atoms with Crippen LogP contribution in [-0.2, 0) is 14.8 Å². The van der Waals surface area contributed by atoms with E-state index in [1.54, 1.807) is 6.07 Å². The fourth-order valence-electron chi connectivity index (χ4n) is 1.96. The second-order valence-electron chi connectivity index (χ2n) is 5.34. The molecule has 0 N–H and O–H groups in total. The minimum absolute atomic E-state index is 0.0423. The van der Waals surface area contributed by atoms with Gasteiger partial charge in [0.25, 0.3) is 0 Å². The summed E-state index contributed by atoms with van der Waals surface area (Å²) in [6, 6.07) is 9.60. The minimum Gasteiger partial charge on any atom is -0.487 e. The highest BCUT2D eigenvalue weighted by Gasteiger charge is 2.21. The number of para-hydroxylation sites is 1. The Morgan fingerprint density at radius 2 is 1.85 bits per heavy atom. The molecular weight excluding hydrogens is 385 g/mol. The quantitative estimate of drug-likeness (QED) is 0.527. The number of carbonyl (C=O) groups is 1. The van der Waals surface area contributed by atoms with Crippen LogP contribution in [-0.4, -0.2) is 46.0 Å². The number of rotatable bonds is 7. The van der Waals surface area contributed by atoms with E-state index in [2.05, 4.69) is 0 Å². The number of hydrogen-bond donors (Lipinski definition) is 0. The van der Waals surface area contributed by atoms with Crippen LogP contribution in [0.25, 0.3) is 0 Å². The lowest BCUT2D eigenvalue weighted by Crippen LogP contribution is -2.22. The molecule has 0 fully saturated rings. The van der Waals surface area contributed by atoms with Gasteiger partial charge in [-0.3, -0.25) is 0 Å². The van der Waals surface area contributed by atoms with E-state index in [4.69, 9.17) is 21.1 Å². The summed E-state index contributed by atoms with van der Waals surface area (Å²) in [6.07, 6.45) is 0. The summed E-state index contributed by atoms with van der Waals surface area (Å²) in [5.74, 6) is -1.29. The summed E-state index contributed by atoms with van der Waals surface area (Å²) >= 11 is 5.96. The van der Waals surface area contributed by atoms with Crippen LogP contribution in [0.5, 0.6) is 5.75 Å². The highest BCUT2D eigenvalue weighted by Crippen LogP contribution is 2.23. The summed E-state index contributed by atoms with van der Waals surface area (Å²) in [4.78, 5) is 12.1. The fraction of sp³-hybridized carbons (Fsp3) is 0.235. The number of halogens is 2. The van der Waals surface area contributed by atoms with Gasteiger partial charge in [-0.05, 0) is 30.3 Å². The van der Waals surface area contributed by atoms with Crippen LogP contribution in [0.15, 0.2) is 47.4 Å². The minimum atomic E-state index is -3.72. The van der Waals surface area contributed by atoms with Crippen LogP contribution in [0.4, 0.5) is 4.39 Å². The van der Waals surface area contributed by atoms with Gasteiger partial charge < -0.3 is 9.47 Å². The van der Waals surface area contributed by atoms with Crippen molar-refractivity contribution in [2.75, 3.05) is 27.3 Å². The lowest BCUT2D eigenvalue weighted by molar-refractivity contribution is 0.0448. The highest BCUT2D eigenvalue weighted by molar-refractivity contribution is 7.89. The van der Waals surface area contributed by atoms with Crippen molar-refractivity contribution in [3.8, 4) is 5.75 Å². The molecule has 0 unspecified atom stereocenters. The van der Waals surface area contributed by atoms with E-state index in [1.807, 2.05) is 0 Å². The van der Waals surface area contributed by atoms with Gasteiger partial charge in [0, 0.05) is 14.1 Å². The Hall–Kier alpha value is -2.16. The number of ether oxygens (including phenoxy) is 2. The Kier molecular flexibility index (Phi) is 6.57. The molecule has 0 bridgehead atoms. The molecule has 6 nitrogen and oxygen atoms in total. The largest absolute Gasteiger partial charge is 0.487 e. The number of nitrogens with zero attached hydrogens (tertiary/aromatic N) is 1. The Morgan fingerprint density at radius 3 is 2.50 bits per heavy atom. The fourth-order valence-corrected chi connectivity index (χ4v) is 3.08. The Balaban J connectivity index is 2.02. The second-order valence-corrected chi connectivity index (χ2v) is 7.90. The van der Waals surface area contributed by atoms with E-state index >= 15 is 0 Å². The third kappa shape index (κ3) is 4.72. The Morgan fingerprint density at radius 1 is 1.15 bits per heavy atom. The predicted molar refractivity (Wildman–Crippen MR) is 94.5 cm³/mol. The molecule has 0 saturated carbocycles. The summed E-state index contributed by atoms with van der Waals surface area (Å²) in [6.45, 7) is -0.228. The Labute approximate surface area is 156 Å². The van der Waals surface area contributed by atoms with Gasteiger partial charge >= 0.3 is 5.97 Å². The lowest BCUT2D eigenvalue weighted by Gasteiger charge is -2.13. The normalized spacial score (nSPS) is 11.4. The van der Waals surface area contributed by atoms with Crippen LogP contribution >= 0.6 is 11.6 Å². The number of carbonyl (C=O) groups excluding carboxylic acids is 1. The molecule has 0 aliphatic rings. The number of sulfonamides is 1. The molecule has 0 aliphatic carbocycles. The van der Waals surface area contributed by atoms with E-state index in [0.29, 0.717) is 0 Å². The van der Waals surface area contributed by atoms with Crippen LogP contribution < -0.4 is 4.74 Å². The van der Waals surface area contributed by atoms with Gasteiger partial charge in [0.2, 0.25) is 10.0 Å². The van der Waals surface area contributed by atoms with Crippen LogP contribution in [0.2, 0.25) is 5.02 Å². The molecule has 0 atom stereocenters. The maximum atomic E-state index is 13.4. The molecule has 0 spiro atoms. The van der Waals surface area contributed by atoms with Gasteiger partial charge in [0.15, 0.2) is 11.6 Å². The van der Waals surface area contributed by atoms with Gasteiger partial charge in [-0.15, -0.1) is 0 Å². The van der Waals surface area contributed by atoms with E-state index in [1.165, 1.54) is 44.4 Å². The maximum absolute atomic E-state index is 13.4. The molecule has 9 heteroatoms. The second kappa shape index (κ2) is 8.48. The lowest BCUT2D eigenvalue weighted by atomic mass is 10.2. The average Bonchev–Trinajstić information content (AvgIpc) is 2.60. The maximum Gasteiger partial charge on any atom is 0.339 e. The first-order chi connectivity index (χ1) is 12.2. The number of benzene rings is 2. The van der Waals surface area contributed by atoms with Crippen molar-refractivity contribution in [3.05, 3.63) is 58.9 Å². The van der Waals surface area contributed by atoms with Gasteiger partial charge in [-0.25, -0.2) is 21.9 Å². The molecule has 0 aromatic heterocycles. The highest BCUT2D eigenvalue weighted by atomic mass is 35.5. The van der Waals surface area contributed by atoms with Gasteiger partial charge in [-0.1, -0.05) is 23.7 Å². The molecule has 0 heterocycles. The predicted octanol–water partition coefficient (Wildman–Crippen LogP) is 2.97. The molecule has 140 valence electrons. The number of esters is 1. The van der Waals surface area contributed by atoms with Crippen molar-refractivity contribution in [1.29, 1.82) is 0 Å². The first-order valence-electron chi connectivity index (χ1n) is 7.50. The van der Waals surface area contributed by atoms with E-state index in [9.17, 15) is 17.6 Å². The molecule has 2 aromatic carbocycles. The zero-order chi connectivity index (χ0) is 19.3. The number of hydrogen-bond acceptors (Lipinski definition) is 5. The molecule has 0 radical (unpaired) electrons. The van der Waals surface area contributed by atoms with Crippen molar-refractivity contribution in [1.82, 2.24) is 4.31 Å². The smallest absolute Gasteiger partial charge is 0.339 e. The molecule has 0 saturated heterocycles. The van der Waals surface area contributed by atoms with E-state index < -0.39 is 21.8 Å². The van der Waals surface area contributed by atoms with Crippen molar-refractivity contribution in [3.63, 3.8) is 0 Å². The van der Waals surface area contributed by atoms with Gasteiger partial charge in [0.1, 0.15) is 13.2 Å². The van der Waals surface area contributed by atoms with Crippen LogP contribution in [0.1, 0.15) is 10.4 Å². The zero-order valence-electron chi connectivity index (χ0n) is 14.1. The van der Waals surface area contributed by atoms with Crippen LogP contribution in [0, 0.1) is 5.82 Å². The molecule has 0 aliphatic heterocycles. The van der Waals surface area contributed by atoms with E-state index in [0.717, 1.165) is 10.4 Å². The summed E-state index contributed by atoms with van der Waals surface area (Å²) in [5.41, 5.74) is -0.0829. The third-order valence-corrected chi connectivity index (χ3v) is 5.49. The van der Waals surface area contributed by atoms with Crippen LogP contribution in [0.3, 0.4) is 0 Å². The van der Waals surface area contributed by atoms with Gasteiger partial charge in [0.05, 0.1) is 15.5 Å². The first kappa shape index (κ1) is 20.2. The molecule has 2 rings (SSSR count). The topological polar surface area (TPSA) is 72.9 Å². The third-order valence-electron chi connectivity index (χ3n) is 3.35. The SMILES string of the molecule is CN(C)S(=O)(=O)c1ccc(Cl)c(C(=O)OCCOc2ccccc2F)c1. The summed E-state index contributed by atoms with van der Waals surface area (Å²) < 4.78 is 48.9. The Bertz CT molecular complexity index is 902. The van der Waals surface area contributed by atoms with Crippen molar-refractivity contribution < 1.29 is 27.1 Å². The zero-order valence-corrected chi connectivity index (χ0v) is 15.7. The van der Waals surface area contributed by atoms with Crippen molar-refractivity contribution in [2.45, 2.75) is 4.90 Å². The standard InChI is InChI=1S/C17H17ClFNO5S/c1-20(2)26(22,23)12-7-8-14(18)13(11-12)17(21)25-10-9-24-16-6-4-3-5-15(16)19/h3-8,11H,9-10H2,1-2H3.